The molecule has 5 heteroatoms. The number of benzene rings is 1. The molecule has 0 aliphatic carbocycles. The van der Waals surface area contributed by atoms with Crippen molar-refractivity contribution in [2.24, 2.45) is 0 Å². The van der Waals surface area contributed by atoms with E-state index in [1.54, 1.807) is 0 Å². The van der Waals surface area contributed by atoms with Crippen molar-refractivity contribution >= 4 is 23.5 Å². The van der Waals surface area contributed by atoms with Crippen LogP contribution in [0, 0.1) is 0 Å². The van der Waals surface area contributed by atoms with Gasteiger partial charge in [-0.2, -0.15) is 0 Å². The molecule has 0 saturated carbocycles. The molecule has 4 nitrogen and oxygen atoms in total. The average Bonchev–Trinajstić information content (AvgIpc) is 2.07. The van der Waals surface area contributed by atoms with Crippen LogP contribution in [0.2, 0.25) is 5.02 Å². The number of halogens is 1. The monoisotopic (exact) mass is 214 g/mol. The Morgan fingerprint density at radius 3 is 2.43 bits per heavy atom. The molecule has 0 aromatic heterocycles. The molecule has 1 rings (SSSR count). The van der Waals surface area contributed by atoms with Gasteiger partial charge >= 0.3 is 11.9 Å². The van der Waals surface area contributed by atoms with Crippen molar-refractivity contribution < 1.29 is 19.8 Å². The van der Waals surface area contributed by atoms with Gasteiger partial charge in [0.2, 0.25) is 0 Å². The molecule has 14 heavy (non-hydrogen) atoms. The van der Waals surface area contributed by atoms with Crippen molar-refractivity contribution in [2.75, 3.05) is 0 Å². The van der Waals surface area contributed by atoms with E-state index in [0.29, 0.717) is 5.56 Å². The Morgan fingerprint density at radius 2 is 1.93 bits per heavy atom. The summed E-state index contributed by atoms with van der Waals surface area (Å²) in [5, 5.41) is 17.3. The van der Waals surface area contributed by atoms with Gasteiger partial charge < -0.3 is 10.2 Å². The summed E-state index contributed by atoms with van der Waals surface area (Å²) < 4.78 is 0. The van der Waals surface area contributed by atoms with Gasteiger partial charge in [-0.15, -0.1) is 0 Å². The lowest BCUT2D eigenvalue weighted by Gasteiger charge is -2.01. The zero-order valence-electron chi connectivity index (χ0n) is 7.03. The predicted molar refractivity (Wildman–Crippen MR) is 49.8 cm³/mol. The van der Waals surface area contributed by atoms with Crippen molar-refractivity contribution in [1.29, 1.82) is 0 Å². The van der Waals surface area contributed by atoms with Crippen LogP contribution < -0.4 is 0 Å². The first kappa shape index (κ1) is 10.5. The van der Waals surface area contributed by atoms with Gasteiger partial charge in [0.1, 0.15) is 0 Å². The van der Waals surface area contributed by atoms with Crippen molar-refractivity contribution in [3.8, 4) is 0 Å². The molecule has 0 unspecified atom stereocenters. The Labute approximate surface area is 84.7 Å². The summed E-state index contributed by atoms with van der Waals surface area (Å²) in [5.74, 6) is -2.18. The number of carboxylic acids is 2. The minimum atomic E-state index is -1.16. The zero-order chi connectivity index (χ0) is 10.7. The van der Waals surface area contributed by atoms with E-state index in [9.17, 15) is 9.59 Å². The minimum absolute atomic E-state index is 0.0783. The van der Waals surface area contributed by atoms with Crippen LogP contribution >= 0.6 is 11.6 Å². The number of carboxylic acid groups (broad SMARTS) is 2. The Kier molecular flexibility index (Phi) is 3.09. The molecular formula is C9H7ClO4. The molecule has 0 bridgehead atoms. The summed E-state index contributed by atoms with van der Waals surface area (Å²) in [4.78, 5) is 21.0. The summed E-state index contributed by atoms with van der Waals surface area (Å²) in [7, 11) is 0. The summed E-state index contributed by atoms with van der Waals surface area (Å²) in [6.45, 7) is 0. The lowest BCUT2D eigenvalue weighted by atomic mass is 10.1. The highest BCUT2D eigenvalue weighted by Crippen LogP contribution is 2.17. The fourth-order valence-electron chi connectivity index (χ4n) is 1.02. The summed E-state index contributed by atoms with van der Waals surface area (Å²) in [6, 6.07) is 4.13. The number of hydrogen-bond acceptors (Lipinski definition) is 2. The van der Waals surface area contributed by atoms with Crippen LogP contribution in [0.4, 0.5) is 0 Å². The molecule has 74 valence electrons. The van der Waals surface area contributed by atoms with Gasteiger partial charge in [0.05, 0.1) is 17.0 Å². The molecule has 0 amide bonds. The number of aliphatic carboxylic acids is 1. The van der Waals surface area contributed by atoms with E-state index >= 15 is 0 Å². The molecule has 0 fully saturated rings. The number of carbonyl (C=O) groups is 2. The third-order valence-corrected chi connectivity index (χ3v) is 1.95. The Morgan fingerprint density at radius 1 is 1.29 bits per heavy atom. The largest absolute Gasteiger partial charge is 0.481 e. The molecule has 0 aliphatic heterocycles. The summed E-state index contributed by atoms with van der Waals surface area (Å²) in [5.41, 5.74) is 0.338. The highest BCUT2D eigenvalue weighted by molar-refractivity contribution is 6.33. The molecule has 0 aliphatic rings. The number of hydrogen-bond donors (Lipinski definition) is 2. The molecular weight excluding hydrogens is 208 g/mol. The SMILES string of the molecule is O=C(O)Cc1ccc(Cl)c(C(=O)O)c1. The second-order valence-corrected chi connectivity index (χ2v) is 3.10. The minimum Gasteiger partial charge on any atom is -0.481 e. The molecule has 0 heterocycles. The van der Waals surface area contributed by atoms with Crippen molar-refractivity contribution in [2.45, 2.75) is 6.42 Å². The number of rotatable bonds is 3. The van der Waals surface area contributed by atoms with Gasteiger partial charge in [-0.05, 0) is 17.7 Å². The molecule has 1 aromatic rings. The Balaban J connectivity index is 3.06. The van der Waals surface area contributed by atoms with Crippen LogP contribution in [0.25, 0.3) is 0 Å². The standard InChI is InChI=1S/C9H7ClO4/c10-7-2-1-5(4-8(11)12)3-6(7)9(13)14/h1-3H,4H2,(H,11,12)(H,13,14). The third kappa shape index (κ3) is 2.47. The van der Waals surface area contributed by atoms with Crippen molar-refractivity contribution in [3.63, 3.8) is 0 Å². The van der Waals surface area contributed by atoms with Gasteiger partial charge in [-0.3, -0.25) is 4.79 Å². The van der Waals surface area contributed by atoms with E-state index in [1.165, 1.54) is 18.2 Å². The lowest BCUT2D eigenvalue weighted by molar-refractivity contribution is -0.136. The first-order valence-electron chi connectivity index (χ1n) is 3.74. The Hall–Kier alpha value is -1.55. The van der Waals surface area contributed by atoms with Crippen LogP contribution in [0.1, 0.15) is 15.9 Å². The van der Waals surface area contributed by atoms with E-state index in [0.717, 1.165) is 0 Å². The number of aromatic carboxylic acids is 1. The van der Waals surface area contributed by atoms with Crippen LogP contribution in [0.3, 0.4) is 0 Å². The molecule has 1 aromatic carbocycles. The maximum Gasteiger partial charge on any atom is 0.337 e. The van der Waals surface area contributed by atoms with Gasteiger partial charge in [0.15, 0.2) is 0 Å². The second-order valence-electron chi connectivity index (χ2n) is 2.69. The van der Waals surface area contributed by atoms with Gasteiger partial charge in [-0.1, -0.05) is 17.7 Å². The first-order chi connectivity index (χ1) is 6.50. The molecule has 2 N–H and O–H groups in total. The first-order valence-corrected chi connectivity index (χ1v) is 4.12. The van der Waals surface area contributed by atoms with E-state index in [2.05, 4.69) is 0 Å². The van der Waals surface area contributed by atoms with Crippen LogP contribution in [-0.4, -0.2) is 22.2 Å². The molecule has 0 saturated heterocycles. The highest BCUT2D eigenvalue weighted by atomic mass is 35.5. The van der Waals surface area contributed by atoms with Crippen molar-refractivity contribution in [3.05, 3.63) is 34.3 Å². The topological polar surface area (TPSA) is 74.6 Å². The van der Waals surface area contributed by atoms with Gasteiger partial charge in [0.25, 0.3) is 0 Å². The van der Waals surface area contributed by atoms with Gasteiger partial charge in [-0.25, -0.2) is 4.79 Å². The predicted octanol–water partition coefficient (Wildman–Crippen LogP) is 1.67. The van der Waals surface area contributed by atoms with E-state index in [1.807, 2.05) is 0 Å². The normalized spacial score (nSPS) is 9.79. The van der Waals surface area contributed by atoms with E-state index < -0.39 is 11.9 Å². The van der Waals surface area contributed by atoms with Crippen molar-refractivity contribution in [1.82, 2.24) is 0 Å². The molecule has 0 spiro atoms. The smallest absolute Gasteiger partial charge is 0.337 e. The average molecular weight is 215 g/mol. The fourth-order valence-corrected chi connectivity index (χ4v) is 1.22. The third-order valence-electron chi connectivity index (χ3n) is 1.62. The van der Waals surface area contributed by atoms with Crippen LogP contribution in [0.5, 0.6) is 0 Å². The lowest BCUT2D eigenvalue weighted by Crippen LogP contribution is -2.03. The second kappa shape index (κ2) is 4.11. The zero-order valence-corrected chi connectivity index (χ0v) is 7.78. The quantitative estimate of drug-likeness (QED) is 0.803. The summed E-state index contributed by atoms with van der Waals surface area (Å²) >= 11 is 5.60. The van der Waals surface area contributed by atoms with E-state index in [-0.39, 0.29) is 17.0 Å². The maximum atomic E-state index is 10.6. The Bertz CT molecular complexity index is 386. The van der Waals surface area contributed by atoms with E-state index in [4.69, 9.17) is 21.8 Å². The maximum absolute atomic E-state index is 10.6. The van der Waals surface area contributed by atoms with Crippen LogP contribution in [0.15, 0.2) is 18.2 Å². The highest BCUT2D eigenvalue weighted by Gasteiger charge is 2.10. The molecule has 0 radical (unpaired) electrons. The van der Waals surface area contributed by atoms with Gasteiger partial charge in [0, 0.05) is 0 Å². The summed E-state index contributed by atoms with van der Waals surface area (Å²) in [6.07, 6.45) is -0.211. The fraction of sp³-hybridized carbons (Fsp3) is 0.111. The van der Waals surface area contributed by atoms with Crippen LogP contribution in [-0.2, 0) is 11.2 Å². The molecule has 0 atom stereocenters.